The van der Waals surface area contributed by atoms with Crippen molar-refractivity contribution >= 4 is 10.9 Å². The van der Waals surface area contributed by atoms with Crippen LogP contribution in [0.2, 0.25) is 0 Å². The largest absolute Gasteiger partial charge is 0.322 e. The maximum atomic E-state index is 13.4. The topological polar surface area (TPSA) is 82.9 Å². The van der Waals surface area contributed by atoms with Gasteiger partial charge in [-0.2, -0.15) is 0 Å². The van der Waals surface area contributed by atoms with Gasteiger partial charge in [-0.05, 0) is 66.8 Å². The summed E-state index contributed by atoms with van der Waals surface area (Å²) < 4.78 is 1.85. The number of benzene rings is 2. The van der Waals surface area contributed by atoms with E-state index in [2.05, 4.69) is 87.5 Å². The van der Waals surface area contributed by atoms with Crippen molar-refractivity contribution < 1.29 is 0 Å². The number of aryl methyl sites for hydroxylation is 1. The number of H-pyrrole nitrogens is 1. The van der Waals surface area contributed by atoms with E-state index in [4.69, 9.17) is 0 Å². The number of nitrogens with one attached hydrogen (secondary N) is 1. The normalized spacial score (nSPS) is 16.6. The van der Waals surface area contributed by atoms with Gasteiger partial charge >= 0.3 is 0 Å². The lowest BCUT2D eigenvalue weighted by molar-refractivity contribution is 0.0975. The first-order valence-electron chi connectivity index (χ1n) is 12.2. The highest BCUT2D eigenvalue weighted by molar-refractivity contribution is 5.79. The Bertz CT molecular complexity index is 1360. The first-order valence-corrected chi connectivity index (χ1v) is 12.2. The summed E-state index contributed by atoms with van der Waals surface area (Å²) in [5.41, 5.74) is 3.55. The van der Waals surface area contributed by atoms with Gasteiger partial charge in [-0.1, -0.05) is 42.5 Å². The number of fused-ring (bicyclic) bond motifs is 1. The highest BCUT2D eigenvalue weighted by Gasteiger charge is 2.34. The third kappa shape index (κ3) is 4.90. The Labute approximate surface area is 205 Å². The van der Waals surface area contributed by atoms with Crippen molar-refractivity contribution in [1.82, 2.24) is 35.0 Å². The van der Waals surface area contributed by atoms with Gasteiger partial charge in [-0.25, -0.2) is 4.68 Å². The Morgan fingerprint density at radius 2 is 1.74 bits per heavy atom. The van der Waals surface area contributed by atoms with E-state index in [1.165, 1.54) is 5.56 Å². The number of rotatable bonds is 5. The van der Waals surface area contributed by atoms with E-state index in [1.807, 2.05) is 29.8 Å². The van der Waals surface area contributed by atoms with Gasteiger partial charge in [0.15, 0.2) is 5.82 Å². The molecular weight excluding hydrogens is 438 g/mol. The van der Waals surface area contributed by atoms with Crippen LogP contribution in [0.4, 0.5) is 0 Å². The molecule has 4 aromatic rings. The molecule has 1 saturated heterocycles. The highest BCUT2D eigenvalue weighted by atomic mass is 16.1. The molecule has 2 aromatic heterocycles. The fourth-order valence-electron chi connectivity index (χ4n) is 4.90. The zero-order valence-electron chi connectivity index (χ0n) is 20.9. The smallest absolute Gasteiger partial charge is 0.253 e. The van der Waals surface area contributed by atoms with Crippen LogP contribution in [0.3, 0.4) is 0 Å². The molecule has 0 saturated carbocycles. The number of hydrogen-bond donors (Lipinski definition) is 1. The second kappa shape index (κ2) is 9.36. The van der Waals surface area contributed by atoms with Gasteiger partial charge in [-0.3, -0.25) is 14.6 Å². The maximum absolute atomic E-state index is 13.4. The second-order valence-electron chi connectivity index (χ2n) is 10.5. The van der Waals surface area contributed by atoms with Gasteiger partial charge in [0.25, 0.3) is 5.56 Å². The number of hydrogen-bond acceptors (Lipinski definition) is 6. The van der Waals surface area contributed by atoms with Crippen molar-refractivity contribution in [2.45, 2.75) is 45.8 Å². The summed E-state index contributed by atoms with van der Waals surface area (Å²) in [4.78, 5) is 21.3. The van der Waals surface area contributed by atoms with Gasteiger partial charge in [-0.15, -0.1) is 5.10 Å². The number of aromatic nitrogens is 5. The SMILES string of the molecule is Cc1ccc2cc([C@@H](c3nnnn3C(C)(C)C)N3CCN(Cc4ccccc4)CC3)c(=O)[nH]c2c1. The first kappa shape index (κ1) is 23.4. The standard InChI is InChI=1S/C27H33N7O/c1-19-10-11-21-17-22(26(35)28-23(21)16-19)24(25-29-30-31-34(25)27(2,3)4)33-14-12-32(13-15-33)18-20-8-6-5-7-9-20/h5-11,16-17,24H,12-15,18H2,1-4H3,(H,28,35)/t24-/m0/s1. The van der Waals surface area contributed by atoms with E-state index < -0.39 is 0 Å². The molecule has 5 rings (SSSR count). The van der Waals surface area contributed by atoms with Gasteiger partial charge in [0.2, 0.25) is 0 Å². The van der Waals surface area contributed by atoms with Crippen LogP contribution >= 0.6 is 0 Å². The Kier molecular flexibility index (Phi) is 6.25. The fraction of sp³-hybridized carbons (Fsp3) is 0.407. The molecule has 0 spiro atoms. The van der Waals surface area contributed by atoms with Gasteiger partial charge in [0, 0.05) is 43.8 Å². The van der Waals surface area contributed by atoms with Crippen LogP contribution < -0.4 is 5.56 Å². The number of aromatic amines is 1. The molecule has 2 aromatic carbocycles. The minimum Gasteiger partial charge on any atom is -0.322 e. The van der Waals surface area contributed by atoms with Crippen LogP contribution in [0.5, 0.6) is 0 Å². The molecule has 1 aliphatic rings. The summed E-state index contributed by atoms with van der Waals surface area (Å²) in [6, 6.07) is 18.4. The summed E-state index contributed by atoms with van der Waals surface area (Å²) in [6.45, 7) is 12.6. The Morgan fingerprint density at radius 3 is 2.46 bits per heavy atom. The number of nitrogens with zero attached hydrogens (tertiary/aromatic N) is 6. The first-order chi connectivity index (χ1) is 16.8. The van der Waals surface area contributed by atoms with Crippen molar-refractivity contribution in [3.8, 4) is 0 Å². The zero-order valence-corrected chi connectivity index (χ0v) is 20.9. The molecule has 0 aliphatic carbocycles. The summed E-state index contributed by atoms with van der Waals surface area (Å²) in [7, 11) is 0. The second-order valence-corrected chi connectivity index (χ2v) is 10.5. The molecule has 3 heterocycles. The number of piperazine rings is 1. The molecule has 1 aliphatic heterocycles. The van der Waals surface area contributed by atoms with Crippen LogP contribution in [-0.2, 0) is 12.1 Å². The van der Waals surface area contributed by atoms with Crippen LogP contribution in [-0.4, -0.2) is 61.2 Å². The molecule has 1 fully saturated rings. The quantitative estimate of drug-likeness (QED) is 0.480. The Balaban J connectivity index is 1.51. The summed E-state index contributed by atoms with van der Waals surface area (Å²) in [5, 5.41) is 13.8. The van der Waals surface area contributed by atoms with Gasteiger partial charge in [0.1, 0.15) is 6.04 Å². The summed E-state index contributed by atoms with van der Waals surface area (Å²) >= 11 is 0. The van der Waals surface area contributed by atoms with Crippen molar-refractivity contribution in [3.05, 3.63) is 87.5 Å². The lowest BCUT2D eigenvalue weighted by atomic mass is 10.0. The fourth-order valence-corrected chi connectivity index (χ4v) is 4.90. The van der Waals surface area contributed by atoms with E-state index in [0.717, 1.165) is 49.2 Å². The molecule has 182 valence electrons. The minimum absolute atomic E-state index is 0.0942. The monoisotopic (exact) mass is 471 g/mol. The summed E-state index contributed by atoms with van der Waals surface area (Å²) in [5.74, 6) is 0.700. The van der Waals surface area contributed by atoms with Crippen molar-refractivity contribution in [2.24, 2.45) is 0 Å². The van der Waals surface area contributed by atoms with Crippen LogP contribution in [0.1, 0.15) is 49.3 Å². The molecule has 35 heavy (non-hydrogen) atoms. The molecule has 0 bridgehead atoms. The predicted molar refractivity (Wildman–Crippen MR) is 137 cm³/mol. The average molecular weight is 472 g/mol. The zero-order chi connectivity index (χ0) is 24.6. The predicted octanol–water partition coefficient (Wildman–Crippen LogP) is 3.49. The third-order valence-electron chi connectivity index (χ3n) is 6.72. The van der Waals surface area contributed by atoms with Crippen LogP contribution in [0.25, 0.3) is 10.9 Å². The van der Waals surface area contributed by atoms with Crippen LogP contribution in [0, 0.1) is 6.92 Å². The summed E-state index contributed by atoms with van der Waals surface area (Å²) in [6.07, 6.45) is 0. The van der Waals surface area contributed by atoms with E-state index in [0.29, 0.717) is 11.4 Å². The molecule has 0 unspecified atom stereocenters. The Hall–Kier alpha value is -3.36. The lowest BCUT2D eigenvalue weighted by Gasteiger charge is -2.39. The van der Waals surface area contributed by atoms with Gasteiger partial charge in [0.05, 0.1) is 5.54 Å². The van der Waals surface area contributed by atoms with Crippen LogP contribution in [0.15, 0.2) is 59.4 Å². The van der Waals surface area contributed by atoms with E-state index >= 15 is 0 Å². The molecule has 0 radical (unpaired) electrons. The van der Waals surface area contributed by atoms with Crippen molar-refractivity contribution in [1.29, 1.82) is 0 Å². The van der Waals surface area contributed by atoms with E-state index in [9.17, 15) is 4.79 Å². The molecule has 1 atom stereocenters. The molecule has 8 nitrogen and oxygen atoms in total. The lowest BCUT2D eigenvalue weighted by Crippen LogP contribution is -2.49. The average Bonchev–Trinajstić information content (AvgIpc) is 3.32. The molecular formula is C27H33N7O. The van der Waals surface area contributed by atoms with Crippen molar-refractivity contribution in [3.63, 3.8) is 0 Å². The number of pyridine rings is 1. The van der Waals surface area contributed by atoms with E-state index in [-0.39, 0.29) is 17.1 Å². The highest BCUT2D eigenvalue weighted by Crippen LogP contribution is 2.30. The minimum atomic E-state index is -0.336. The van der Waals surface area contributed by atoms with Gasteiger partial charge < -0.3 is 4.98 Å². The maximum Gasteiger partial charge on any atom is 0.253 e. The number of tetrazole rings is 1. The molecule has 1 N–H and O–H groups in total. The van der Waals surface area contributed by atoms with Crippen molar-refractivity contribution in [2.75, 3.05) is 26.2 Å². The molecule has 8 heteroatoms. The molecule has 0 amide bonds. The Morgan fingerprint density at radius 1 is 1.00 bits per heavy atom. The van der Waals surface area contributed by atoms with E-state index in [1.54, 1.807) is 0 Å². The third-order valence-corrected chi connectivity index (χ3v) is 6.72.